The maximum absolute atomic E-state index is 12.5. The Hall–Kier alpha value is -3.09. The molecule has 0 radical (unpaired) electrons. The summed E-state index contributed by atoms with van der Waals surface area (Å²) in [6.45, 7) is 4.19. The molecule has 0 aliphatic carbocycles. The minimum atomic E-state index is -3.62. The molecule has 3 rings (SSSR count). The number of nitrogens with one attached hydrogen (secondary N) is 1. The zero-order valence-electron chi connectivity index (χ0n) is 17.6. The molecule has 3 aromatic rings. The first-order valence-electron chi connectivity index (χ1n) is 9.61. The minimum Gasteiger partial charge on any atom is -0.403 e. The fourth-order valence-electron chi connectivity index (χ4n) is 2.90. The Morgan fingerprint density at radius 1 is 0.906 bits per heavy atom. The second-order valence-electron chi connectivity index (χ2n) is 6.78. The molecule has 1 N–H and O–H groups in total. The van der Waals surface area contributed by atoms with E-state index in [0.29, 0.717) is 18.7 Å². The van der Waals surface area contributed by atoms with E-state index >= 15 is 0 Å². The SMILES string of the molecule is CCN(CC)S(=O)(=O)c1ccc(C(=O)Nc2nnc(-c3ccc(S(C)(=O)=O)cc3)o2)cc1. The molecule has 32 heavy (non-hydrogen) atoms. The van der Waals surface area contributed by atoms with Gasteiger partial charge in [-0.3, -0.25) is 10.1 Å². The average Bonchev–Trinajstić information content (AvgIpc) is 3.22. The first kappa shape index (κ1) is 23.6. The second kappa shape index (κ2) is 9.18. The topological polar surface area (TPSA) is 140 Å². The summed E-state index contributed by atoms with van der Waals surface area (Å²) in [5, 5.41) is 10.1. The van der Waals surface area contributed by atoms with Crippen molar-refractivity contribution >= 4 is 31.8 Å². The maximum Gasteiger partial charge on any atom is 0.322 e. The predicted molar refractivity (Wildman–Crippen MR) is 117 cm³/mol. The van der Waals surface area contributed by atoms with Gasteiger partial charge in [0.2, 0.25) is 15.9 Å². The van der Waals surface area contributed by atoms with Crippen molar-refractivity contribution < 1.29 is 26.0 Å². The standard InChI is InChI=1S/C20H22N4O6S2/c1-4-24(5-2)32(28,29)17-12-6-14(7-13-17)18(25)21-20-23-22-19(30-20)15-8-10-16(11-9-15)31(3,26)27/h6-13H,4-5H2,1-3H3,(H,21,23,25). The molecule has 10 nitrogen and oxygen atoms in total. The Morgan fingerprint density at radius 3 is 2.00 bits per heavy atom. The van der Waals surface area contributed by atoms with Crippen molar-refractivity contribution in [2.24, 2.45) is 0 Å². The lowest BCUT2D eigenvalue weighted by Gasteiger charge is -2.18. The van der Waals surface area contributed by atoms with E-state index in [1.54, 1.807) is 13.8 Å². The van der Waals surface area contributed by atoms with Crippen molar-refractivity contribution in [3.63, 3.8) is 0 Å². The smallest absolute Gasteiger partial charge is 0.322 e. The number of sulfonamides is 1. The number of amides is 1. The molecule has 12 heteroatoms. The normalized spacial score (nSPS) is 12.1. The number of anilines is 1. The van der Waals surface area contributed by atoms with Crippen LogP contribution in [0.1, 0.15) is 24.2 Å². The second-order valence-corrected chi connectivity index (χ2v) is 10.7. The summed E-state index contributed by atoms with van der Waals surface area (Å²) in [5.41, 5.74) is 0.692. The Labute approximate surface area is 186 Å². The van der Waals surface area contributed by atoms with Crippen LogP contribution in [0, 0.1) is 0 Å². The van der Waals surface area contributed by atoms with Crippen LogP contribution in [-0.2, 0) is 19.9 Å². The number of nitrogens with zero attached hydrogens (tertiary/aromatic N) is 3. The molecular weight excluding hydrogens is 456 g/mol. The third kappa shape index (κ3) is 5.03. The molecule has 0 saturated heterocycles. The molecule has 0 aliphatic heterocycles. The van der Waals surface area contributed by atoms with E-state index in [2.05, 4.69) is 15.5 Å². The fourth-order valence-corrected chi connectivity index (χ4v) is 4.98. The zero-order chi connectivity index (χ0) is 23.5. The number of hydrogen-bond donors (Lipinski definition) is 1. The molecule has 170 valence electrons. The number of sulfone groups is 1. The number of benzene rings is 2. The molecule has 0 fully saturated rings. The van der Waals surface area contributed by atoms with E-state index in [1.165, 1.54) is 52.8 Å². The van der Waals surface area contributed by atoms with Gasteiger partial charge in [0.05, 0.1) is 9.79 Å². The van der Waals surface area contributed by atoms with Gasteiger partial charge in [-0.05, 0) is 48.5 Å². The van der Waals surface area contributed by atoms with Crippen LogP contribution in [0.5, 0.6) is 0 Å². The lowest BCUT2D eigenvalue weighted by atomic mass is 10.2. The molecule has 0 unspecified atom stereocenters. The van der Waals surface area contributed by atoms with Gasteiger partial charge in [-0.15, -0.1) is 5.10 Å². The number of rotatable bonds is 8. The van der Waals surface area contributed by atoms with Gasteiger partial charge in [0, 0.05) is 30.5 Å². The quantitative estimate of drug-likeness (QED) is 0.521. The molecule has 0 spiro atoms. The van der Waals surface area contributed by atoms with Crippen LogP contribution in [0.3, 0.4) is 0 Å². The van der Waals surface area contributed by atoms with Crippen molar-refractivity contribution in [1.82, 2.24) is 14.5 Å². The maximum atomic E-state index is 12.5. The van der Waals surface area contributed by atoms with E-state index in [-0.39, 0.29) is 27.3 Å². The fraction of sp³-hybridized carbons (Fsp3) is 0.250. The highest BCUT2D eigenvalue weighted by molar-refractivity contribution is 7.90. The van der Waals surface area contributed by atoms with Crippen LogP contribution in [0.2, 0.25) is 0 Å². The van der Waals surface area contributed by atoms with Gasteiger partial charge in [-0.2, -0.15) is 4.31 Å². The molecule has 0 aliphatic rings. The number of aromatic nitrogens is 2. The summed E-state index contributed by atoms with van der Waals surface area (Å²) in [6.07, 6.45) is 1.11. The lowest BCUT2D eigenvalue weighted by Crippen LogP contribution is -2.30. The highest BCUT2D eigenvalue weighted by atomic mass is 32.2. The average molecular weight is 479 g/mol. The van der Waals surface area contributed by atoms with Crippen LogP contribution < -0.4 is 5.32 Å². The van der Waals surface area contributed by atoms with Gasteiger partial charge in [-0.25, -0.2) is 16.8 Å². The van der Waals surface area contributed by atoms with Crippen LogP contribution in [-0.4, -0.2) is 56.6 Å². The largest absolute Gasteiger partial charge is 0.403 e. The predicted octanol–water partition coefficient (Wildman–Crippen LogP) is 2.42. The molecule has 0 atom stereocenters. The van der Waals surface area contributed by atoms with Gasteiger partial charge >= 0.3 is 6.01 Å². The van der Waals surface area contributed by atoms with Gasteiger partial charge in [-0.1, -0.05) is 18.9 Å². The lowest BCUT2D eigenvalue weighted by molar-refractivity contribution is 0.102. The van der Waals surface area contributed by atoms with Crippen molar-refractivity contribution in [3.8, 4) is 11.5 Å². The van der Waals surface area contributed by atoms with Gasteiger partial charge in [0.1, 0.15) is 0 Å². The summed E-state index contributed by atoms with van der Waals surface area (Å²) in [5.74, 6) is -0.458. The van der Waals surface area contributed by atoms with E-state index in [0.717, 1.165) is 6.26 Å². The van der Waals surface area contributed by atoms with Crippen LogP contribution >= 0.6 is 0 Å². The van der Waals surface area contributed by atoms with Gasteiger partial charge in [0.15, 0.2) is 9.84 Å². The third-order valence-corrected chi connectivity index (χ3v) is 7.83. The van der Waals surface area contributed by atoms with Crippen molar-refractivity contribution in [2.75, 3.05) is 24.7 Å². The summed E-state index contributed by atoms with van der Waals surface area (Å²) in [7, 11) is -6.95. The Kier molecular flexibility index (Phi) is 6.77. The van der Waals surface area contributed by atoms with Crippen molar-refractivity contribution in [2.45, 2.75) is 23.6 Å². The van der Waals surface area contributed by atoms with Crippen LogP contribution in [0.4, 0.5) is 6.01 Å². The van der Waals surface area contributed by atoms with E-state index in [9.17, 15) is 21.6 Å². The minimum absolute atomic E-state index is 0.0929. The van der Waals surface area contributed by atoms with Crippen molar-refractivity contribution in [3.05, 3.63) is 54.1 Å². The Balaban J connectivity index is 1.73. The molecule has 2 aromatic carbocycles. The van der Waals surface area contributed by atoms with Crippen LogP contribution in [0.15, 0.2) is 62.7 Å². The summed E-state index contributed by atoms with van der Waals surface area (Å²) in [4.78, 5) is 12.7. The van der Waals surface area contributed by atoms with E-state index in [1.807, 2.05) is 0 Å². The summed E-state index contributed by atoms with van der Waals surface area (Å²) < 4.78 is 54.9. The number of carbonyl (C=O) groups excluding carboxylic acids is 1. The first-order chi connectivity index (χ1) is 15.1. The highest BCUT2D eigenvalue weighted by Gasteiger charge is 2.22. The number of hydrogen-bond acceptors (Lipinski definition) is 8. The Morgan fingerprint density at radius 2 is 1.47 bits per heavy atom. The molecule has 0 bridgehead atoms. The third-order valence-electron chi connectivity index (χ3n) is 4.63. The van der Waals surface area contributed by atoms with Gasteiger partial charge < -0.3 is 4.42 Å². The molecular formula is C20H22N4O6S2. The van der Waals surface area contributed by atoms with Crippen LogP contribution in [0.25, 0.3) is 11.5 Å². The Bertz CT molecular complexity index is 1310. The molecule has 1 amide bonds. The molecule has 1 heterocycles. The number of carbonyl (C=O) groups is 1. The summed E-state index contributed by atoms with van der Waals surface area (Å²) >= 11 is 0. The van der Waals surface area contributed by atoms with E-state index < -0.39 is 25.8 Å². The zero-order valence-corrected chi connectivity index (χ0v) is 19.3. The highest BCUT2D eigenvalue weighted by Crippen LogP contribution is 2.22. The first-order valence-corrected chi connectivity index (χ1v) is 12.9. The van der Waals surface area contributed by atoms with Crippen molar-refractivity contribution in [1.29, 1.82) is 0 Å². The molecule has 1 aromatic heterocycles. The van der Waals surface area contributed by atoms with Gasteiger partial charge in [0.25, 0.3) is 5.91 Å². The summed E-state index contributed by atoms with van der Waals surface area (Å²) in [6, 6.07) is 11.2. The van der Waals surface area contributed by atoms with E-state index in [4.69, 9.17) is 4.42 Å². The monoisotopic (exact) mass is 478 g/mol. The molecule has 0 saturated carbocycles.